The number of hydrogen-bond acceptors (Lipinski definition) is 5. The van der Waals surface area contributed by atoms with E-state index in [1.807, 2.05) is 0 Å². The molecular formula is C11H18N2O6S2. The van der Waals surface area contributed by atoms with Crippen LogP contribution in [0.5, 0.6) is 0 Å². The minimum absolute atomic E-state index is 0.0126. The third-order valence-electron chi connectivity index (χ3n) is 3.63. The van der Waals surface area contributed by atoms with Crippen LogP contribution in [0.2, 0.25) is 0 Å². The summed E-state index contributed by atoms with van der Waals surface area (Å²) >= 11 is 0. The number of carbonyl (C=O) groups excluding carboxylic acids is 1. The van der Waals surface area contributed by atoms with E-state index in [2.05, 4.69) is 0 Å². The summed E-state index contributed by atoms with van der Waals surface area (Å²) in [6, 6.07) is -1.19. The maximum atomic E-state index is 12.4. The molecule has 2 aliphatic rings. The van der Waals surface area contributed by atoms with Gasteiger partial charge in [-0.15, -0.1) is 0 Å². The number of nitrogens with zero attached hydrogens (tertiary/aromatic N) is 2. The first-order valence-corrected chi connectivity index (χ1v) is 9.92. The average molecular weight is 338 g/mol. The number of sulfone groups is 1. The number of amides is 2. The van der Waals surface area contributed by atoms with Gasteiger partial charge in [-0.1, -0.05) is 0 Å². The number of rotatable bonds is 2. The van der Waals surface area contributed by atoms with Gasteiger partial charge in [0.05, 0.1) is 24.0 Å². The maximum Gasteiger partial charge on any atom is 0.320 e. The number of carbonyl (C=O) groups is 2. The summed E-state index contributed by atoms with van der Waals surface area (Å²) in [6.45, 7) is 0.724. The highest BCUT2D eigenvalue weighted by Gasteiger charge is 2.37. The van der Waals surface area contributed by atoms with Gasteiger partial charge in [-0.25, -0.2) is 13.2 Å². The summed E-state index contributed by atoms with van der Waals surface area (Å²) in [5, 5.41) is 8.89. The molecule has 2 fully saturated rings. The van der Waals surface area contributed by atoms with E-state index >= 15 is 0 Å². The summed E-state index contributed by atoms with van der Waals surface area (Å²) in [5.41, 5.74) is 0. The predicted octanol–water partition coefficient (Wildman–Crippen LogP) is -1.26. The second kappa shape index (κ2) is 6.30. The Morgan fingerprint density at radius 1 is 1.19 bits per heavy atom. The molecule has 0 aliphatic carbocycles. The Morgan fingerprint density at radius 3 is 2.38 bits per heavy atom. The molecule has 10 heteroatoms. The van der Waals surface area contributed by atoms with Gasteiger partial charge in [-0.05, 0) is 0 Å². The van der Waals surface area contributed by atoms with Crippen LogP contribution < -0.4 is 0 Å². The van der Waals surface area contributed by atoms with Crippen LogP contribution in [0.4, 0.5) is 4.79 Å². The quantitative estimate of drug-likeness (QED) is 0.673. The Labute approximate surface area is 125 Å². The van der Waals surface area contributed by atoms with Crippen LogP contribution in [0.25, 0.3) is 0 Å². The number of carboxylic acid groups (broad SMARTS) is 1. The summed E-state index contributed by atoms with van der Waals surface area (Å²) in [7, 11) is -4.22. The van der Waals surface area contributed by atoms with E-state index in [0.717, 1.165) is 0 Å². The van der Waals surface area contributed by atoms with Crippen molar-refractivity contribution in [3.8, 4) is 0 Å². The van der Waals surface area contributed by atoms with Crippen LogP contribution in [0, 0.1) is 0 Å². The molecule has 2 amide bonds. The topological polar surface area (TPSA) is 112 Å². The minimum atomic E-state index is -3.31. The van der Waals surface area contributed by atoms with E-state index in [-0.39, 0.29) is 30.5 Å². The van der Waals surface area contributed by atoms with Crippen molar-refractivity contribution in [2.75, 3.05) is 42.6 Å². The Bertz CT molecular complexity index is 551. The molecule has 2 saturated heterocycles. The van der Waals surface area contributed by atoms with Crippen LogP contribution in [0.15, 0.2) is 0 Å². The summed E-state index contributed by atoms with van der Waals surface area (Å²) in [5.74, 6) is -0.780. The third-order valence-corrected chi connectivity index (χ3v) is 6.61. The molecule has 8 nitrogen and oxygen atoms in total. The van der Waals surface area contributed by atoms with Gasteiger partial charge in [0, 0.05) is 41.9 Å². The van der Waals surface area contributed by atoms with Crippen molar-refractivity contribution in [1.82, 2.24) is 9.80 Å². The van der Waals surface area contributed by atoms with Gasteiger partial charge in [0.2, 0.25) is 0 Å². The third kappa shape index (κ3) is 4.16. The fourth-order valence-corrected chi connectivity index (χ4v) is 5.10. The summed E-state index contributed by atoms with van der Waals surface area (Å²) in [4.78, 5) is 26.2. The van der Waals surface area contributed by atoms with Crippen molar-refractivity contribution >= 4 is 32.6 Å². The highest BCUT2D eigenvalue weighted by molar-refractivity contribution is 7.91. The number of urea groups is 1. The molecule has 1 unspecified atom stereocenters. The molecule has 21 heavy (non-hydrogen) atoms. The Balaban J connectivity index is 2.09. The van der Waals surface area contributed by atoms with E-state index in [9.17, 15) is 22.2 Å². The van der Waals surface area contributed by atoms with Gasteiger partial charge in [0.25, 0.3) is 0 Å². The number of hydrogen-bond donors (Lipinski definition) is 1. The van der Waals surface area contributed by atoms with Crippen LogP contribution in [-0.4, -0.2) is 88.2 Å². The highest BCUT2D eigenvalue weighted by Crippen LogP contribution is 2.18. The first-order chi connectivity index (χ1) is 9.78. The van der Waals surface area contributed by atoms with Crippen molar-refractivity contribution in [3.05, 3.63) is 0 Å². The lowest BCUT2D eigenvalue weighted by atomic mass is 10.2. The second-order valence-electron chi connectivity index (χ2n) is 5.18. The Kier molecular flexibility index (Phi) is 4.87. The molecule has 120 valence electrons. The Morgan fingerprint density at radius 2 is 1.81 bits per heavy atom. The first kappa shape index (κ1) is 16.2. The van der Waals surface area contributed by atoms with E-state index in [0.29, 0.717) is 24.6 Å². The molecule has 0 aromatic carbocycles. The van der Waals surface area contributed by atoms with Crippen molar-refractivity contribution in [2.45, 2.75) is 12.5 Å². The summed E-state index contributed by atoms with van der Waals surface area (Å²) in [6.07, 6.45) is -0.384. The molecule has 0 bridgehead atoms. The molecule has 0 aromatic heterocycles. The largest absolute Gasteiger partial charge is 0.481 e. The second-order valence-corrected chi connectivity index (χ2v) is 9.10. The van der Waals surface area contributed by atoms with Crippen molar-refractivity contribution in [3.63, 3.8) is 0 Å². The molecule has 1 N–H and O–H groups in total. The number of carboxylic acids is 1. The average Bonchev–Trinajstić information content (AvgIpc) is 2.37. The van der Waals surface area contributed by atoms with E-state index in [1.54, 1.807) is 0 Å². The van der Waals surface area contributed by atoms with Crippen molar-refractivity contribution in [2.24, 2.45) is 0 Å². The van der Waals surface area contributed by atoms with Gasteiger partial charge in [-0.3, -0.25) is 9.00 Å². The van der Waals surface area contributed by atoms with E-state index < -0.39 is 32.6 Å². The van der Waals surface area contributed by atoms with Crippen molar-refractivity contribution < 1.29 is 27.3 Å². The van der Waals surface area contributed by atoms with E-state index in [1.165, 1.54) is 9.80 Å². The first-order valence-electron chi connectivity index (χ1n) is 6.61. The fourth-order valence-electron chi connectivity index (χ4n) is 2.52. The van der Waals surface area contributed by atoms with Crippen LogP contribution in [0.1, 0.15) is 6.42 Å². The molecule has 2 aliphatic heterocycles. The zero-order valence-corrected chi connectivity index (χ0v) is 13.1. The molecule has 0 radical (unpaired) electrons. The maximum absolute atomic E-state index is 12.4. The minimum Gasteiger partial charge on any atom is -0.481 e. The predicted molar refractivity (Wildman–Crippen MR) is 76.2 cm³/mol. The summed E-state index contributed by atoms with van der Waals surface area (Å²) < 4.78 is 34.6. The van der Waals surface area contributed by atoms with Gasteiger partial charge in [0.1, 0.15) is 0 Å². The van der Waals surface area contributed by atoms with Gasteiger partial charge in [0.15, 0.2) is 9.84 Å². The van der Waals surface area contributed by atoms with E-state index in [4.69, 9.17) is 5.11 Å². The molecule has 0 saturated carbocycles. The lowest BCUT2D eigenvalue weighted by Crippen LogP contribution is -2.57. The fraction of sp³-hybridized carbons (Fsp3) is 0.818. The van der Waals surface area contributed by atoms with Gasteiger partial charge < -0.3 is 14.9 Å². The normalized spacial score (nSPS) is 26.6. The molecular weight excluding hydrogens is 320 g/mol. The molecule has 2 rings (SSSR count). The standard InChI is InChI=1S/C11H18N2O6S2/c14-10(15)7-9-8-21(18,19)6-3-13(9)11(16)12-1-4-20(17)5-2-12/h9H,1-8H2,(H,14,15). The van der Waals surface area contributed by atoms with Gasteiger partial charge in [-0.2, -0.15) is 0 Å². The zero-order chi connectivity index (χ0) is 15.6. The van der Waals surface area contributed by atoms with Crippen LogP contribution in [0.3, 0.4) is 0 Å². The molecule has 0 spiro atoms. The lowest BCUT2D eigenvalue weighted by molar-refractivity contribution is -0.138. The van der Waals surface area contributed by atoms with Gasteiger partial charge >= 0.3 is 12.0 Å². The highest BCUT2D eigenvalue weighted by atomic mass is 32.2. The van der Waals surface area contributed by atoms with Crippen LogP contribution >= 0.6 is 0 Å². The molecule has 1 atom stereocenters. The monoisotopic (exact) mass is 338 g/mol. The SMILES string of the molecule is O=C(O)CC1CS(=O)(=O)CCN1C(=O)N1CCS(=O)CC1. The lowest BCUT2D eigenvalue weighted by Gasteiger charge is -2.39. The number of aliphatic carboxylic acids is 1. The molecule has 2 heterocycles. The van der Waals surface area contributed by atoms with Crippen LogP contribution in [-0.2, 0) is 25.4 Å². The molecule has 0 aromatic rings. The van der Waals surface area contributed by atoms with Crippen molar-refractivity contribution in [1.29, 1.82) is 0 Å². The smallest absolute Gasteiger partial charge is 0.320 e. The Hall–Kier alpha value is -1.16. The zero-order valence-electron chi connectivity index (χ0n) is 11.4.